The number of amides is 1. The minimum Gasteiger partial charge on any atom is -0.366 e. The molecule has 3 aliphatic rings. The molecule has 0 atom stereocenters. The number of primary amides is 1. The molecule has 3 saturated carbocycles. The SMILES string of the molecule is CC(C)Cc1nc2c(c(C=O)nn2CC23CC(C)(C2)C3)c(-c2ccc3c(cnn3Cc3ccc(F)c(F)c3)c2)c1C(N)=O. The largest absolute Gasteiger partial charge is 0.366 e. The molecule has 3 heterocycles. The lowest BCUT2D eigenvalue weighted by Gasteiger charge is -2.69. The Hall–Kier alpha value is -4.47. The molecule has 0 aliphatic heterocycles. The van der Waals surface area contributed by atoms with Crippen molar-refractivity contribution >= 4 is 34.1 Å². The van der Waals surface area contributed by atoms with Crippen LogP contribution in [0.3, 0.4) is 0 Å². The number of rotatable bonds is 9. The Morgan fingerprint density at radius 2 is 1.86 bits per heavy atom. The molecule has 0 saturated heterocycles. The molecule has 2 bridgehead atoms. The first-order chi connectivity index (χ1) is 20.5. The lowest BCUT2D eigenvalue weighted by atomic mass is 9.36. The number of hydrogen-bond acceptors (Lipinski definition) is 5. The van der Waals surface area contributed by atoms with E-state index in [2.05, 4.69) is 25.9 Å². The van der Waals surface area contributed by atoms with Gasteiger partial charge >= 0.3 is 0 Å². The summed E-state index contributed by atoms with van der Waals surface area (Å²) in [5.74, 6) is -2.23. The van der Waals surface area contributed by atoms with Gasteiger partial charge in [0.1, 0.15) is 5.69 Å². The van der Waals surface area contributed by atoms with Crippen LogP contribution in [0.1, 0.15) is 72.1 Å². The van der Waals surface area contributed by atoms with Crippen LogP contribution < -0.4 is 5.73 Å². The molecule has 0 unspecified atom stereocenters. The molecule has 3 fully saturated rings. The van der Waals surface area contributed by atoms with Crippen molar-refractivity contribution in [2.75, 3.05) is 0 Å². The minimum absolute atomic E-state index is 0.178. The predicted octanol–water partition coefficient (Wildman–Crippen LogP) is 6.07. The van der Waals surface area contributed by atoms with Crippen molar-refractivity contribution in [1.29, 1.82) is 0 Å². The van der Waals surface area contributed by atoms with Crippen LogP contribution in [0.25, 0.3) is 33.1 Å². The zero-order chi connectivity index (χ0) is 30.3. The second-order valence-electron chi connectivity index (χ2n) is 13.3. The molecule has 10 heteroatoms. The summed E-state index contributed by atoms with van der Waals surface area (Å²) in [6, 6.07) is 9.41. The number of benzene rings is 2. The van der Waals surface area contributed by atoms with Crippen molar-refractivity contribution in [3.05, 3.63) is 76.7 Å². The van der Waals surface area contributed by atoms with E-state index in [0.29, 0.717) is 51.8 Å². The van der Waals surface area contributed by atoms with E-state index in [0.717, 1.165) is 48.6 Å². The van der Waals surface area contributed by atoms with Gasteiger partial charge in [0.05, 0.1) is 34.9 Å². The number of carbonyl (C=O) groups excluding carboxylic acids is 2. The first kappa shape index (κ1) is 27.4. The first-order valence-electron chi connectivity index (χ1n) is 14.6. The highest BCUT2D eigenvalue weighted by Gasteiger charge is 2.64. The van der Waals surface area contributed by atoms with Crippen LogP contribution in [0, 0.1) is 28.4 Å². The summed E-state index contributed by atoms with van der Waals surface area (Å²) in [5, 5.41) is 10.5. The van der Waals surface area contributed by atoms with Gasteiger partial charge in [-0.3, -0.25) is 14.3 Å². The normalized spacial score (nSPS) is 20.9. The Bertz CT molecular complexity index is 1950. The Morgan fingerprint density at radius 3 is 2.51 bits per heavy atom. The Morgan fingerprint density at radius 1 is 1.09 bits per heavy atom. The molecule has 2 aromatic carbocycles. The molecule has 3 aliphatic carbocycles. The van der Waals surface area contributed by atoms with Crippen molar-refractivity contribution in [2.45, 2.75) is 59.5 Å². The van der Waals surface area contributed by atoms with E-state index in [4.69, 9.17) is 15.8 Å². The molecular weight excluding hydrogens is 550 g/mol. The number of aldehydes is 1. The van der Waals surface area contributed by atoms with E-state index >= 15 is 0 Å². The van der Waals surface area contributed by atoms with Crippen LogP contribution in [0.4, 0.5) is 8.78 Å². The topological polar surface area (TPSA) is 109 Å². The zero-order valence-corrected chi connectivity index (χ0v) is 24.3. The second-order valence-corrected chi connectivity index (χ2v) is 13.3. The zero-order valence-electron chi connectivity index (χ0n) is 24.3. The quantitative estimate of drug-likeness (QED) is 0.212. The maximum Gasteiger partial charge on any atom is 0.251 e. The van der Waals surface area contributed by atoms with Gasteiger partial charge in [-0.1, -0.05) is 32.9 Å². The predicted molar refractivity (Wildman–Crippen MR) is 159 cm³/mol. The lowest BCUT2D eigenvalue weighted by Crippen LogP contribution is -2.61. The van der Waals surface area contributed by atoms with Gasteiger partial charge in [0.25, 0.3) is 5.91 Å². The van der Waals surface area contributed by atoms with Crippen LogP contribution in [0.15, 0.2) is 42.6 Å². The van der Waals surface area contributed by atoms with Crippen molar-refractivity contribution in [3.63, 3.8) is 0 Å². The number of nitrogens with two attached hydrogens (primary N) is 1. The van der Waals surface area contributed by atoms with Crippen LogP contribution in [0.5, 0.6) is 0 Å². The number of hydrogen-bond donors (Lipinski definition) is 1. The third kappa shape index (κ3) is 4.42. The van der Waals surface area contributed by atoms with Gasteiger partial charge in [-0.05, 0) is 77.8 Å². The highest BCUT2D eigenvalue weighted by Crippen LogP contribution is 2.73. The van der Waals surface area contributed by atoms with Crippen LogP contribution in [0.2, 0.25) is 0 Å². The summed E-state index contributed by atoms with van der Waals surface area (Å²) in [5.41, 5.74) is 10.9. The van der Waals surface area contributed by atoms with Crippen molar-refractivity contribution < 1.29 is 18.4 Å². The number of carbonyl (C=O) groups is 2. The smallest absolute Gasteiger partial charge is 0.251 e. The number of halogens is 2. The molecule has 8 rings (SSSR count). The Balaban J connectivity index is 1.39. The average Bonchev–Trinajstić information content (AvgIpc) is 3.48. The maximum atomic E-state index is 13.8. The molecule has 220 valence electrons. The number of nitrogens with zero attached hydrogens (tertiary/aromatic N) is 5. The minimum atomic E-state index is -0.913. The van der Waals surface area contributed by atoms with Crippen molar-refractivity contribution in [1.82, 2.24) is 24.5 Å². The standard InChI is InChI=1S/C33H32F2N6O2/c1-18(2)8-24-28(30(36)43)27(29-25(13-42)39-41(31(29)38-24)17-33-14-32(3,15-33)16-33)20-5-7-26-21(10-20)11-37-40(26)12-19-4-6-22(34)23(35)9-19/h4-7,9-11,13,18H,8,12,14-17H2,1-3H3,(H2,36,43). The van der Waals surface area contributed by atoms with Gasteiger partial charge in [0, 0.05) is 17.5 Å². The lowest BCUT2D eigenvalue weighted by molar-refractivity contribution is -0.199. The van der Waals surface area contributed by atoms with Gasteiger partial charge < -0.3 is 5.73 Å². The van der Waals surface area contributed by atoms with E-state index in [1.165, 1.54) is 6.07 Å². The van der Waals surface area contributed by atoms with Gasteiger partial charge in [0.2, 0.25) is 0 Å². The van der Waals surface area contributed by atoms with E-state index in [1.54, 1.807) is 10.9 Å². The average molecular weight is 583 g/mol. The highest BCUT2D eigenvalue weighted by atomic mass is 19.2. The van der Waals surface area contributed by atoms with Crippen LogP contribution in [-0.4, -0.2) is 36.7 Å². The summed E-state index contributed by atoms with van der Waals surface area (Å²) in [6.07, 6.45) is 6.33. The Labute approximate surface area is 246 Å². The molecule has 2 N–H and O–H groups in total. The summed E-state index contributed by atoms with van der Waals surface area (Å²) in [4.78, 5) is 30.5. The van der Waals surface area contributed by atoms with Crippen LogP contribution >= 0.6 is 0 Å². The van der Waals surface area contributed by atoms with Crippen molar-refractivity contribution in [3.8, 4) is 11.1 Å². The molecule has 0 spiro atoms. The first-order valence-corrected chi connectivity index (χ1v) is 14.6. The summed E-state index contributed by atoms with van der Waals surface area (Å²) in [7, 11) is 0. The van der Waals surface area contributed by atoms with Crippen LogP contribution in [-0.2, 0) is 19.5 Å². The van der Waals surface area contributed by atoms with Crippen molar-refractivity contribution in [2.24, 2.45) is 22.5 Å². The molecule has 0 radical (unpaired) electrons. The maximum absolute atomic E-state index is 13.8. The van der Waals surface area contributed by atoms with E-state index in [-0.39, 0.29) is 29.1 Å². The van der Waals surface area contributed by atoms with Gasteiger partial charge in [-0.25, -0.2) is 18.4 Å². The monoisotopic (exact) mass is 582 g/mol. The van der Waals surface area contributed by atoms with E-state index in [9.17, 15) is 18.4 Å². The number of fused-ring (bicyclic) bond motifs is 2. The molecule has 5 aromatic rings. The Kier molecular flexibility index (Phi) is 6.06. The third-order valence-corrected chi connectivity index (χ3v) is 9.08. The summed E-state index contributed by atoms with van der Waals surface area (Å²) < 4.78 is 30.8. The fourth-order valence-corrected chi connectivity index (χ4v) is 7.78. The molecule has 3 aromatic heterocycles. The number of pyridine rings is 1. The van der Waals surface area contributed by atoms with E-state index < -0.39 is 17.5 Å². The summed E-state index contributed by atoms with van der Waals surface area (Å²) >= 11 is 0. The molecule has 1 amide bonds. The number of aromatic nitrogens is 5. The highest BCUT2D eigenvalue weighted by molar-refractivity contribution is 6.13. The van der Waals surface area contributed by atoms with Gasteiger partial charge in [-0.2, -0.15) is 10.2 Å². The van der Waals surface area contributed by atoms with E-state index in [1.807, 2.05) is 22.9 Å². The molecule has 43 heavy (non-hydrogen) atoms. The fraction of sp³-hybridized carbons (Fsp3) is 0.364. The van der Waals surface area contributed by atoms with Gasteiger partial charge in [-0.15, -0.1) is 0 Å². The molecule has 8 nitrogen and oxygen atoms in total. The third-order valence-electron chi connectivity index (χ3n) is 9.08. The summed E-state index contributed by atoms with van der Waals surface area (Å²) in [6.45, 7) is 7.33. The molecular formula is C33H32F2N6O2. The van der Waals surface area contributed by atoms with Gasteiger partial charge in [0.15, 0.2) is 23.6 Å². The second kappa shape index (κ2) is 9.52. The fourth-order valence-electron chi connectivity index (χ4n) is 7.78.